The smallest absolute Gasteiger partial charge is 0.307 e. The molecule has 2 fully saturated rings. The molecule has 2 heterocycles. The topological polar surface area (TPSA) is 73.5 Å². The second-order valence-corrected chi connectivity index (χ2v) is 6.52. The van der Waals surface area contributed by atoms with Gasteiger partial charge in [-0.2, -0.15) is 12.6 Å². The van der Waals surface area contributed by atoms with Gasteiger partial charge in [-0.25, -0.2) is 9.59 Å². The highest BCUT2D eigenvalue weighted by Crippen LogP contribution is 2.48. The zero-order chi connectivity index (χ0) is 17.5. The third-order valence-electron chi connectivity index (χ3n) is 4.80. The molecule has 0 aromatic heterocycles. The summed E-state index contributed by atoms with van der Waals surface area (Å²) >= 11 is 4.30. The van der Waals surface area contributed by atoms with Crippen molar-refractivity contribution in [2.24, 2.45) is 0 Å². The van der Waals surface area contributed by atoms with Crippen molar-refractivity contribution in [1.29, 1.82) is 0 Å². The van der Waals surface area contributed by atoms with Crippen LogP contribution in [-0.4, -0.2) is 29.3 Å². The lowest BCUT2D eigenvalue weighted by Crippen LogP contribution is -2.62. The van der Waals surface area contributed by atoms with Crippen LogP contribution >= 0.6 is 12.6 Å². The molecule has 6 nitrogen and oxygen atoms in total. The Kier molecular flexibility index (Phi) is 3.61. The van der Waals surface area contributed by atoms with Gasteiger partial charge in [0.05, 0.1) is 0 Å². The van der Waals surface area contributed by atoms with Crippen molar-refractivity contribution in [3.05, 3.63) is 71.8 Å². The van der Waals surface area contributed by atoms with Crippen LogP contribution < -0.4 is 16.0 Å². The van der Waals surface area contributed by atoms with Crippen LogP contribution in [0.3, 0.4) is 0 Å². The Bertz CT molecular complexity index is 816. The molecule has 128 valence electrons. The molecule has 2 aromatic carbocycles. The average molecular weight is 354 g/mol. The Morgan fingerprint density at radius 2 is 1.44 bits per heavy atom. The van der Waals surface area contributed by atoms with Crippen LogP contribution in [-0.2, 0) is 11.3 Å². The Balaban J connectivity index is 2.00. The van der Waals surface area contributed by atoms with Crippen LogP contribution in [0.1, 0.15) is 11.1 Å². The van der Waals surface area contributed by atoms with Gasteiger partial charge in [0.1, 0.15) is 0 Å². The molecule has 2 aliphatic rings. The summed E-state index contributed by atoms with van der Waals surface area (Å²) in [5.41, 5.74) is -0.566. The summed E-state index contributed by atoms with van der Waals surface area (Å²) in [6, 6.07) is 18.4. The maximum Gasteiger partial charge on any atom is 0.321 e. The Hall–Kier alpha value is -2.67. The summed E-state index contributed by atoms with van der Waals surface area (Å²) in [5.74, 6) is 0.475. The fourth-order valence-corrected chi connectivity index (χ4v) is 4.06. The number of carbonyl (C=O) groups is 2. The average Bonchev–Trinajstić information content (AvgIpc) is 3.06. The minimum absolute atomic E-state index is 0.255. The van der Waals surface area contributed by atoms with Crippen LogP contribution in [0.25, 0.3) is 0 Å². The number of fused-ring (bicyclic) bond motifs is 1. The van der Waals surface area contributed by atoms with Gasteiger partial charge in [0.25, 0.3) is 0 Å². The van der Waals surface area contributed by atoms with Gasteiger partial charge in [-0.1, -0.05) is 60.7 Å². The molecule has 3 N–H and O–H groups in total. The summed E-state index contributed by atoms with van der Waals surface area (Å²) < 4.78 is 0. The van der Waals surface area contributed by atoms with E-state index in [2.05, 4.69) is 28.6 Å². The molecule has 4 rings (SSSR count). The first-order chi connectivity index (χ1) is 12.1. The zero-order valence-electron chi connectivity index (χ0n) is 13.4. The summed E-state index contributed by atoms with van der Waals surface area (Å²) in [4.78, 5) is 26.9. The van der Waals surface area contributed by atoms with Gasteiger partial charge in [-0.3, -0.25) is 4.90 Å². The van der Waals surface area contributed by atoms with Crippen LogP contribution in [0.2, 0.25) is 0 Å². The summed E-state index contributed by atoms with van der Waals surface area (Å²) in [6.07, 6.45) is 0. The van der Waals surface area contributed by atoms with E-state index in [1.165, 1.54) is 0 Å². The molecule has 0 bridgehead atoms. The molecule has 2 aromatic rings. The molecular formula is C18H18N4O2S. The van der Waals surface area contributed by atoms with Gasteiger partial charge >= 0.3 is 12.1 Å². The quantitative estimate of drug-likeness (QED) is 0.634. The van der Waals surface area contributed by atoms with Crippen LogP contribution in [0.5, 0.6) is 0 Å². The monoisotopic (exact) mass is 354 g/mol. The van der Waals surface area contributed by atoms with E-state index in [1.807, 2.05) is 60.7 Å². The number of nitrogens with one attached hydrogen (secondary N) is 3. The lowest BCUT2D eigenvalue weighted by atomic mass is 9.82. The number of carbonyl (C=O) groups excluding carboxylic acids is 2. The number of benzene rings is 2. The fourth-order valence-electron chi connectivity index (χ4n) is 3.86. The molecule has 2 aliphatic heterocycles. The Morgan fingerprint density at radius 3 is 2.04 bits per heavy atom. The molecular weight excluding hydrogens is 336 g/mol. The molecule has 2 unspecified atom stereocenters. The minimum Gasteiger partial charge on any atom is -0.307 e. The predicted octanol–water partition coefficient (Wildman–Crippen LogP) is 1.96. The van der Waals surface area contributed by atoms with Crippen molar-refractivity contribution in [2.75, 3.05) is 12.3 Å². The van der Waals surface area contributed by atoms with Crippen molar-refractivity contribution in [2.45, 2.75) is 11.3 Å². The summed E-state index contributed by atoms with van der Waals surface area (Å²) in [6.45, 7) is 0.389. The molecule has 7 heteroatoms. The van der Waals surface area contributed by atoms with E-state index in [4.69, 9.17) is 0 Å². The van der Waals surface area contributed by atoms with Crippen LogP contribution in [0.4, 0.5) is 9.59 Å². The second-order valence-electron chi connectivity index (χ2n) is 6.08. The standard InChI is InChI=1S/C18H18N4O2S/c23-15-19-17(13-7-3-1-4-8-13)18(20-15,14-9-5-2-6-10-14)22(11-12-25)16(24)21-17/h1-10,25H,11-12H2,(H,21,24)(H2,19,20,23). The van der Waals surface area contributed by atoms with E-state index >= 15 is 0 Å². The van der Waals surface area contributed by atoms with E-state index in [-0.39, 0.29) is 12.1 Å². The van der Waals surface area contributed by atoms with Crippen molar-refractivity contribution < 1.29 is 9.59 Å². The van der Waals surface area contributed by atoms with E-state index in [9.17, 15) is 9.59 Å². The van der Waals surface area contributed by atoms with Crippen LogP contribution in [0, 0.1) is 0 Å². The van der Waals surface area contributed by atoms with Gasteiger partial charge in [-0.05, 0) is 0 Å². The largest absolute Gasteiger partial charge is 0.321 e. The first-order valence-electron chi connectivity index (χ1n) is 8.06. The summed E-state index contributed by atoms with van der Waals surface area (Å²) in [5, 5.41) is 8.97. The number of hydrogen-bond acceptors (Lipinski definition) is 3. The van der Waals surface area contributed by atoms with Gasteiger partial charge in [0.2, 0.25) is 0 Å². The third kappa shape index (κ3) is 2.05. The zero-order valence-corrected chi connectivity index (χ0v) is 14.3. The minimum atomic E-state index is -1.10. The number of rotatable bonds is 4. The highest BCUT2D eigenvalue weighted by Gasteiger charge is 2.70. The molecule has 4 amide bonds. The van der Waals surface area contributed by atoms with E-state index in [0.29, 0.717) is 12.3 Å². The molecule has 2 atom stereocenters. The first kappa shape index (κ1) is 15.8. The van der Waals surface area contributed by atoms with Crippen molar-refractivity contribution in [3.63, 3.8) is 0 Å². The van der Waals surface area contributed by atoms with E-state index in [1.54, 1.807) is 4.90 Å². The third-order valence-corrected chi connectivity index (χ3v) is 5.00. The molecule has 0 aliphatic carbocycles. The molecule has 0 spiro atoms. The molecule has 0 saturated carbocycles. The van der Waals surface area contributed by atoms with Crippen molar-refractivity contribution in [1.82, 2.24) is 20.9 Å². The number of nitrogens with zero attached hydrogens (tertiary/aromatic N) is 1. The highest BCUT2D eigenvalue weighted by molar-refractivity contribution is 7.80. The van der Waals surface area contributed by atoms with E-state index in [0.717, 1.165) is 11.1 Å². The molecule has 0 radical (unpaired) electrons. The number of hydrogen-bond donors (Lipinski definition) is 4. The SMILES string of the molecule is O=C1NC2(c3ccccc3)NC(=O)N(CCS)C2(c2ccccc2)N1. The fraction of sp³-hybridized carbons (Fsp3) is 0.222. The molecule has 2 saturated heterocycles. The van der Waals surface area contributed by atoms with Gasteiger partial charge in [-0.15, -0.1) is 0 Å². The van der Waals surface area contributed by atoms with E-state index < -0.39 is 11.3 Å². The highest BCUT2D eigenvalue weighted by atomic mass is 32.1. The lowest BCUT2D eigenvalue weighted by molar-refractivity contribution is 0.0876. The first-order valence-corrected chi connectivity index (χ1v) is 8.69. The molecule has 25 heavy (non-hydrogen) atoms. The maximum atomic E-state index is 12.8. The van der Waals surface area contributed by atoms with Gasteiger partial charge in [0.15, 0.2) is 11.3 Å². The lowest BCUT2D eigenvalue weighted by Gasteiger charge is -2.42. The van der Waals surface area contributed by atoms with Gasteiger partial charge < -0.3 is 16.0 Å². The summed E-state index contributed by atoms with van der Waals surface area (Å²) in [7, 11) is 0. The van der Waals surface area contributed by atoms with Crippen LogP contribution in [0.15, 0.2) is 60.7 Å². The van der Waals surface area contributed by atoms with Crippen molar-refractivity contribution >= 4 is 24.7 Å². The second kappa shape index (κ2) is 5.70. The predicted molar refractivity (Wildman–Crippen MR) is 97.0 cm³/mol. The Labute approximate surface area is 151 Å². The number of amides is 4. The van der Waals surface area contributed by atoms with Gasteiger partial charge in [0, 0.05) is 23.4 Å². The maximum absolute atomic E-state index is 12.8. The normalized spacial score (nSPS) is 27.5. The number of urea groups is 2. The Morgan fingerprint density at radius 1 is 0.840 bits per heavy atom. The van der Waals surface area contributed by atoms with Crippen molar-refractivity contribution in [3.8, 4) is 0 Å². The number of thiol groups is 1.